The minimum absolute atomic E-state index is 0.107. The topological polar surface area (TPSA) is 114 Å². The van der Waals surface area contributed by atoms with E-state index in [1.165, 1.54) is 16.4 Å². The first kappa shape index (κ1) is 20.2. The van der Waals surface area contributed by atoms with Gasteiger partial charge in [0.25, 0.3) is 5.91 Å². The van der Waals surface area contributed by atoms with Gasteiger partial charge in [-0.3, -0.25) is 9.59 Å². The van der Waals surface area contributed by atoms with Crippen LogP contribution in [0.3, 0.4) is 0 Å². The van der Waals surface area contributed by atoms with Crippen LogP contribution in [0.4, 0.5) is 5.69 Å². The SMILES string of the molecule is O=C(CNC(=O)c1ccc2c(c1)OCO2)Nc1cccc(S(=O)(=O)N2CCCC2)c1. The van der Waals surface area contributed by atoms with Gasteiger partial charge in [-0.05, 0) is 49.2 Å². The molecule has 158 valence electrons. The summed E-state index contributed by atoms with van der Waals surface area (Å²) in [5.41, 5.74) is 0.684. The lowest BCUT2D eigenvalue weighted by atomic mass is 10.2. The molecule has 4 rings (SSSR count). The fraction of sp³-hybridized carbons (Fsp3) is 0.300. The smallest absolute Gasteiger partial charge is 0.251 e. The van der Waals surface area contributed by atoms with Crippen molar-refractivity contribution in [3.63, 3.8) is 0 Å². The summed E-state index contributed by atoms with van der Waals surface area (Å²) in [4.78, 5) is 24.6. The summed E-state index contributed by atoms with van der Waals surface area (Å²) >= 11 is 0. The minimum Gasteiger partial charge on any atom is -0.454 e. The molecule has 2 N–H and O–H groups in total. The first-order valence-corrected chi connectivity index (χ1v) is 11.0. The molecule has 2 aliphatic heterocycles. The molecule has 10 heteroatoms. The van der Waals surface area contributed by atoms with Crippen LogP contribution in [0, 0.1) is 0 Å². The molecule has 0 atom stereocenters. The summed E-state index contributed by atoms with van der Waals surface area (Å²) in [5.74, 6) is 0.129. The lowest BCUT2D eigenvalue weighted by Gasteiger charge is -2.16. The van der Waals surface area contributed by atoms with Gasteiger partial charge in [-0.2, -0.15) is 4.31 Å². The van der Waals surface area contributed by atoms with E-state index in [2.05, 4.69) is 10.6 Å². The zero-order valence-electron chi connectivity index (χ0n) is 16.1. The number of carbonyl (C=O) groups excluding carboxylic acids is 2. The highest BCUT2D eigenvalue weighted by Crippen LogP contribution is 2.32. The zero-order valence-corrected chi connectivity index (χ0v) is 16.9. The van der Waals surface area contributed by atoms with Crippen molar-refractivity contribution in [3.8, 4) is 11.5 Å². The molecule has 0 saturated carbocycles. The summed E-state index contributed by atoms with van der Waals surface area (Å²) < 4.78 is 37.2. The maximum absolute atomic E-state index is 12.7. The monoisotopic (exact) mass is 431 g/mol. The Hall–Kier alpha value is -3.11. The van der Waals surface area contributed by atoms with Crippen LogP contribution in [0.5, 0.6) is 11.5 Å². The van der Waals surface area contributed by atoms with Gasteiger partial charge in [-0.1, -0.05) is 6.07 Å². The van der Waals surface area contributed by atoms with Gasteiger partial charge in [0.05, 0.1) is 11.4 Å². The van der Waals surface area contributed by atoms with Gasteiger partial charge in [-0.25, -0.2) is 8.42 Å². The van der Waals surface area contributed by atoms with Crippen molar-refractivity contribution in [2.45, 2.75) is 17.7 Å². The van der Waals surface area contributed by atoms with E-state index in [-0.39, 0.29) is 18.2 Å². The van der Waals surface area contributed by atoms with Gasteiger partial charge in [0, 0.05) is 24.3 Å². The van der Waals surface area contributed by atoms with Crippen molar-refractivity contribution in [1.82, 2.24) is 9.62 Å². The van der Waals surface area contributed by atoms with Gasteiger partial charge in [0.15, 0.2) is 11.5 Å². The Balaban J connectivity index is 1.35. The van der Waals surface area contributed by atoms with Crippen LogP contribution < -0.4 is 20.1 Å². The molecule has 2 aromatic rings. The van der Waals surface area contributed by atoms with E-state index in [4.69, 9.17) is 9.47 Å². The van der Waals surface area contributed by atoms with E-state index in [0.717, 1.165) is 12.8 Å². The fourth-order valence-corrected chi connectivity index (χ4v) is 4.88. The predicted molar refractivity (Wildman–Crippen MR) is 108 cm³/mol. The Kier molecular flexibility index (Phi) is 5.60. The number of carbonyl (C=O) groups is 2. The summed E-state index contributed by atoms with van der Waals surface area (Å²) in [6.45, 7) is 0.849. The molecule has 2 heterocycles. The molecule has 0 aromatic heterocycles. The van der Waals surface area contributed by atoms with Crippen LogP contribution in [0.1, 0.15) is 23.2 Å². The molecule has 0 radical (unpaired) electrons. The summed E-state index contributed by atoms with van der Waals surface area (Å²) in [6, 6.07) is 10.8. The first-order valence-electron chi connectivity index (χ1n) is 9.51. The van der Waals surface area contributed by atoms with Crippen molar-refractivity contribution in [3.05, 3.63) is 48.0 Å². The Bertz CT molecular complexity index is 1080. The van der Waals surface area contributed by atoms with E-state index in [1.807, 2.05) is 0 Å². The molecule has 30 heavy (non-hydrogen) atoms. The van der Waals surface area contributed by atoms with Crippen LogP contribution >= 0.6 is 0 Å². The van der Waals surface area contributed by atoms with Crippen molar-refractivity contribution >= 4 is 27.5 Å². The second kappa shape index (κ2) is 8.33. The van der Waals surface area contributed by atoms with Gasteiger partial charge in [0.2, 0.25) is 22.7 Å². The molecule has 0 spiro atoms. The second-order valence-corrected chi connectivity index (χ2v) is 8.88. The van der Waals surface area contributed by atoms with Crippen molar-refractivity contribution in [1.29, 1.82) is 0 Å². The zero-order chi connectivity index (χ0) is 21.1. The van der Waals surface area contributed by atoms with E-state index in [9.17, 15) is 18.0 Å². The second-order valence-electron chi connectivity index (χ2n) is 6.94. The first-order chi connectivity index (χ1) is 14.4. The molecule has 9 nitrogen and oxygen atoms in total. The number of benzene rings is 2. The van der Waals surface area contributed by atoms with Gasteiger partial charge in [0.1, 0.15) is 0 Å². The number of nitrogens with zero attached hydrogens (tertiary/aromatic N) is 1. The van der Waals surface area contributed by atoms with Crippen LogP contribution in [0.15, 0.2) is 47.4 Å². The molecule has 1 saturated heterocycles. The normalized spacial score (nSPS) is 15.7. The number of ether oxygens (including phenoxy) is 2. The summed E-state index contributed by atoms with van der Waals surface area (Å²) in [7, 11) is -3.57. The Morgan fingerprint density at radius 2 is 1.77 bits per heavy atom. The fourth-order valence-electron chi connectivity index (χ4n) is 3.32. The van der Waals surface area contributed by atoms with Crippen LogP contribution in [-0.4, -0.2) is 51.0 Å². The highest BCUT2D eigenvalue weighted by Gasteiger charge is 2.27. The number of sulfonamides is 1. The maximum Gasteiger partial charge on any atom is 0.251 e. The number of nitrogens with one attached hydrogen (secondary N) is 2. The van der Waals surface area contributed by atoms with Gasteiger partial charge in [-0.15, -0.1) is 0 Å². The number of rotatable bonds is 6. The average molecular weight is 431 g/mol. The maximum atomic E-state index is 12.7. The highest BCUT2D eigenvalue weighted by molar-refractivity contribution is 7.89. The highest BCUT2D eigenvalue weighted by atomic mass is 32.2. The van der Waals surface area contributed by atoms with Crippen molar-refractivity contribution in [2.24, 2.45) is 0 Å². The molecule has 2 aromatic carbocycles. The third kappa shape index (κ3) is 4.24. The predicted octanol–water partition coefficient (Wildman–Crippen LogP) is 1.57. The Morgan fingerprint density at radius 1 is 1.00 bits per heavy atom. The van der Waals surface area contributed by atoms with Crippen molar-refractivity contribution < 1.29 is 27.5 Å². The van der Waals surface area contributed by atoms with Crippen LogP contribution in [0.25, 0.3) is 0 Å². The van der Waals surface area contributed by atoms with E-state index in [1.54, 1.807) is 30.3 Å². The van der Waals surface area contributed by atoms with Gasteiger partial charge >= 0.3 is 0 Å². The van der Waals surface area contributed by atoms with Crippen LogP contribution in [0.2, 0.25) is 0 Å². The quantitative estimate of drug-likeness (QED) is 0.718. The average Bonchev–Trinajstić information content (AvgIpc) is 3.43. The molecule has 1 fully saturated rings. The molecule has 2 amide bonds. The molecular weight excluding hydrogens is 410 g/mol. The molecular formula is C20H21N3O6S. The number of hydrogen-bond donors (Lipinski definition) is 2. The molecule has 2 aliphatic rings. The van der Waals surface area contributed by atoms with Crippen LogP contribution in [-0.2, 0) is 14.8 Å². The third-order valence-corrected chi connectivity index (χ3v) is 6.76. The summed E-state index contributed by atoms with van der Waals surface area (Å²) in [6.07, 6.45) is 1.69. The summed E-state index contributed by atoms with van der Waals surface area (Å²) in [5, 5.41) is 5.14. The largest absolute Gasteiger partial charge is 0.454 e. The molecule has 0 aliphatic carbocycles. The van der Waals surface area contributed by atoms with E-state index >= 15 is 0 Å². The van der Waals surface area contributed by atoms with Crippen molar-refractivity contribution in [2.75, 3.05) is 31.7 Å². The van der Waals surface area contributed by atoms with E-state index in [0.29, 0.717) is 35.8 Å². The number of amides is 2. The standard InChI is InChI=1S/C20H21N3O6S/c24-19(12-21-20(25)14-6-7-17-18(10-14)29-13-28-17)22-15-4-3-5-16(11-15)30(26,27)23-8-1-2-9-23/h3-7,10-11H,1-2,8-9,12-13H2,(H,21,25)(H,22,24). The Morgan fingerprint density at radius 3 is 2.57 bits per heavy atom. The number of hydrogen-bond acceptors (Lipinski definition) is 6. The van der Waals surface area contributed by atoms with E-state index < -0.39 is 21.8 Å². The molecule has 0 bridgehead atoms. The molecule has 0 unspecified atom stereocenters. The minimum atomic E-state index is -3.57. The lowest BCUT2D eigenvalue weighted by Crippen LogP contribution is -2.33. The Labute approximate surface area is 174 Å². The van der Waals surface area contributed by atoms with Gasteiger partial charge < -0.3 is 20.1 Å². The lowest BCUT2D eigenvalue weighted by molar-refractivity contribution is -0.115. The number of fused-ring (bicyclic) bond motifs is 1. The third-order valence-electron chi connectivity index (χ3n) is 4.86. The number of anilines is 1.